The standard InChI is InChI=1S/C4H7BrCl2O2/c5-4(7)3(9)2(8)1-6/h2-4,8-9H,1H2. The molecule has 0 aliphatic rings. The summed E-state index contributed by atoms with van der Waals surface area (Å²) in [5, 5.41) is 17.7. The van der Waals surface area contributed by atoms with E-state index in [1.165, 1.54) is 0 Å². The number of alkyl halides is 3. The monoisotopic (exact) mass is 236 g/mol. The van der Waals surface area contributed by atoms with Crippen molar-refractivity contribution in [1.82, 2.24) is 0 Å². The minimum absolute atomic E-state index is 0.0179. The molecule has 0 rings (SSSR count). The van der Waals surface area contributed by atoms with Crippen LogP contribution in [0.15, 0.2) is 0 Å². The fourth-order valence-corrected chi connectivity index (χ4v) is 0.962. The Morgan fingerprint density at radius 2 is 1.89 bits per heavy atom. The van der Waals surface area contributed by atoms with Gasteiger partial charge in [-0.05, 0) is 0 Å². The van der Waals surface area contributed by atoms with Gasteiger partial charge in [0, 0.05) is 0 Å². The first-order valence-corrected chi connectivity index (χ1v) is 4.18. The van der Waals surface area contributed by atoms with Gasteiger partial charge >= 0.3 is 0 Å². The second-order valence-electron chi connectivity index (χ2n) is 1.55. The van der Waals surface area contributed by atoms with Crippen LogP contribution in [0.5, 0.6) is 0 Å². The molecule has 3 unspecified atom stereocenters. The molecule has 3 atom stereocenters. The van der Waals surface area contributed by atoms with E-state index in [9.17, 15) is 0 Å². The Morgan fingerprint density at radius 3 is 2.00 bits per heavy atom. The highest BCUT2D eigenvalue weighted by Crippen LogP contribution is 2.13. The lowest BCUT2D eigenvalue weighted by molar-refractivity contribution is 0.0443. The van der Waals surface area contributed by atoms with Crippen molar-refractivity contribution in [2.24, 2.45) is 0 Å². The minimum atomic E-state index is -1.01. The Bertz CT molecular complexity index is 81.0. The van der Waals surface area contributed by atoms with Gasteiger partial charge in [-0.15, -0.1) is 23.2 Å². The molecule has 0 amide bonds. The Hall–Kier alpha value is 0.980. The summed E-state index contributed by atoms with van der Waals surface area (Å²) in [6.45, 7) is 0. The smallest absolute Gasteiger partial charge is 0.117 e. The number of aliphatic hydroxyl groups is 2. The largest absolute Gasteiger partial charge is 0.389 e. The summed E-state index contributed by atoms with van der Waals surface area (Å²) in [6.07, 6.45) is -1.97. The van der Waals surface area contributed by atoms with E-state index < -0.39 is 16.5 Å². The lowest BCUT2D eigenvalue weighted by Gasteiger charge is -2.15. The molecule has 56 valence electrons. The van der Waals surface area contributed by atoms with Crippen LogP contribution in [0.1, 0.15) is 0 Å². The highest BCUT2D eigenvalue weighted by atomic mass is 79.9. The topological polar surface area (TPSA) is 40.5 Å². The van der Waals surface area contributed by atoms with Crippen molar-refractivity contribution in [1.29, 1.82) is 0 Å². The van der Waals surface area contributed by atoms with E-state index in [1.807, 2.05) is 0 Å². The molecule has 5 heteroatoms. The van der Waals surface area contributed by atoms with Gasteiger partial charge < -0.3 is 10.2 Å². The van der Waals surface area contributed by atoms with Crippen LogP contribution in [0.3, 0.4) is 0 Å². The van der Waals surface area contributed by atoms with E-state index in [-0.39, 0.29) is 5.88 Å². The third-order valence-electron chi connectivity index (χ3n) is 0.810. The van der Waals surface area contributed by atoms with Gasteiger partial charge in [-0.1, -0.05) is 15.9 Å². The zero-order chi connectivity index (χ0) is 7.44. The Balaban J connectivity index is 3.58. The number of aliphatic hydroxyl groups excluding tert-OH is 2. The van der Waals surface area contributed by atoms with Gasteiger partial charge in [-0.3, -0.25) is 0 Å². The lowest BCUT2D eigenvalue weighted by Crippen LogP contribution is -2.32. The molecule has 0 aromatic heterocycles. The van der Waals surface area contributed by atoms with Crippen LogP contribution in [-0.2, 0) is 0 Å². The first kappa shape index (κ1) is 9.98. The lowest BCUT2D eigenvalue weighted by atomic mass is 10.3. The first-order chi connectivity index (χ1) is 4.09. The van der Waals surface area contributed by atoms with Crippen LogP contribution in [0.2, 0.25) is 0 Å². The van der Waals surface area contributed by atoms with Crippen LogP contribution in [0, 0.1) is 0 Å². The average molecular weight is 238 g/mol. The van der Waals surface area contributed by atoms with Gasteiger partial charge in [0.1, 0.15) is 10.4 Å². The van der Waals surface area contributed by atoms with Gasteiger partial charge in [0.2, 0.25) is 0 Å². The predicted octanol–water partition coefficient (Wildman–Crippen LogP) is 0.907. The third-order valence-corrected chi connectivity index (χ3v) is 1.93. The molecular weight excluding hydrogens is 231 g/mol. The second-order valence-corrected chi connectivity index (χ2v) is 3.84. The van der Waals surface area contributed by atoms with Gasteiger partial charge in [0.25, 0.3) is 0 Å². The summed E-state index contributed by atoms with van der Waals surface area (Å²) in [5.74, 6) is -0.0179. The molecule has 0 aliphatic carbocycles. The van der Waals surface area contributed by atoms with Crippen LogP contribution in [-0.4, -0.2) is 32.6 Å². The molecule has 0 spiro atoms. The third kappa shape index (κ3) is 3.63. The van der Waals surface area contributed by atoms with E-state index in [4.69, 9.17) is 33.4 Å². The van der Waals surface area contributed by atoms with Crippen molar-refractivity contribution in [2.45, 2.75) is 16.5 Å². The molecule has 2 N–H and O–H groups in total. The number of halogens is 3. The zero-order valence-electron chi connectivity index (χ0n) is 4.47. The molecule has 0 aromatic rings. The summed E-state index contributed by atoms with van der Waals surface area (Å²) in [5.41, 5.74) is 0. The molecule has 2 nitrogen and oxygen atoms in total. The zero-order valence-corrected chi connectivity index (χ0v) is 7.57. The quantitative estimate of drug-likeness (QED) is 0.717. The molecule has 0 heterocycles. The molecular formula is C4H7BrCl2O2. The Labute approximate surface area is 71.9 Å². The first-order valence-electron chi connectivity index (χ1n) is 2.30. The highest BCUT2D eigenvalue weighted by molar-refractivity contribution is 9.10. The number of hydrogen-bond acceptors (Lipinski definition) is 2. The Morgan fingerprint density at radius 1 is 1.44 bits per heavy atom. The molecule has 0 saturated carbocycles. The van der Waals surface area contributed by atoms with Crippen LogP contribution in [0.4, 0.5) is 0 Å². The summed E-state index contributed by atoms with van der Waals surface area (Å²) in [6, 6.07) is 0. The van der Waals surface area contributed by atoms with E-state index in [0.717, 1.165) is 0 Å². The van der Waals surface area contributed by atoms with Crippen molar-refractivity contribution >= 4 is 39.1 Å². The molecule has 0 radical (unpaired) electrons. The van der Waals surface area contributed by atoms with E-state index in [2.05, 4.69) is 15.9 Å². The van der Waals surface area contributed by atoms with Crippen molar-refractivity contribution in [3.63, 3.8) is 0 Å². The van der Waals surface area contributed by atoms with Crippen molar-refractivity contribution in [3.05, 3.63) is 0 Å². The Kier molecular flexibility index (Phi) is 5.26. The maximum atomic E-state index is 8.88. The number of hydrogen-bond donors (Lipinski definition) is 2. The number of rotatable bonds is 3. The fraction of sp³-hybridized carbons (Fsp3) is 1.00. The molecule has 0 bridgehead atoms. The summed E-state index contributed by atoms with van der Waals surface area (Å²) < 4.78 is -0.647. The van der Waals surface area contributed by atoms with E-state index in [0.29, 0.717) is 0 Å². The van der Waals surface area contributed by atoms with Crippen LogP contribution < -0.4 is 0 Å². The summed E-state index contributed by atoms with van der Waals surface area (Å²) >= 11 is 13.4. The summed E-state index contributed by atoms with van der Waals surface area (Å²) in [4.78, 5) is 0. The van der Waals surface area contributed by atoms with Gasteiger partial charge in [-0.2, -0.15) is 0 Å². The molecule has 9 heavy (non-hydrogen) atoms. The molecule has 0 saturated heterocycles. The van der Waals surface area contributed by atoms with Gasteiger partial charge in [0.15, 0.2) is 0 Å². The SMILES string of the molecule is OC(CCl)C(O)C(Cl)Br. The molecule has 0 fully saturated rings. The maximum absolute atomic E-state index is 8.88. The van der Waals surface area contributed by atoms with Crippen LogP contribution in [0.25, 0.3) is 0 Å². The van der Waals surface area contributed by atoms with E-state index >= 15 is 0 Å². The van der Waals surface area contributed by atoms with Crippen molar-refractivity contribution in [2.75, 3.05) is 5.88 Å². The van der Waals surface area contributed by atoms with Crippen molar-refractivity contribution < 1.29 is 10.2 Å². The van der Waals surface area contributed by atoms with Crippen molar-refractivity contribution in [3.8, 4) is 0 Å². The normalized spacial score (nSPS) is 21.0. The minimum Gasteiger partial charge on any atom is -0.389 e. The highest BCUT2D eigenvalue weighted by Gasteiger charge is 2.20. The summed E-state index contributed by atoms with van der Waals surface area (Å²) in [7, 11) is 0. The molecule has 0 aliphatic heterocycles. The van der Waals surface area contributed by atoms with E-state index in [1.54, 1.807) is 0 Å². The van der Waals surface area contributed by atoms with Gasteiger partial charge in [0.05, 0.1) is 12.0 Å². The van der Waals surface area contributed by atoms with Gasteiger partial charge in [-0.25, -0.2) is 0 Å². The van der Waals surface area contributed by atoms with Crippen LogP contribution >= 0.6 is 39.1 Å². The predicted molar refractivity (Wildman–Crippen MR) is 41.3 cm³/mol. The second kappa shape index (κ2) is 4.74. The molecule has 0 aromatic carbocycles. The average Bonchev–Trinajstić information content (AvgIpc) is 1.84. The fourth-order valence-electron chi connectivity index (χ4n) is 0.259. The maximum Gasteiger partial charge on any atom is 0.117 e.